The molecule has 0 fully saturated rings. The van der Waals surface area contributed by atoms with Crippen molar-refractivity contribution >= 4 is 29.2 Å². The highest BCUT2D eigenvalue weighted by Crippen LogP contribution is 2.28. The molecule has 0 spiro atoms. The summed E-state index contributed by atoms with van der Waals surface area (Å²) in [4.78, 5) is 20.0. The van der Waals surface area contributed by atoms with Gasteiger partial charge in [-0.3, -0.25) is 9.48 Å². The van der Waals surface area contributed by atoms with E-state index in [0.717, 1.165) is 22.9 Å². The Morgan fingerprint density at radius 1 is 1.18 bits per heavy atom. The van der Waals surface area contributed by atoms with E-state index in [1.54, 1.807) is 35.4 Å². The van der Waals surface area contributed by atoms with Crippen LogP contribution in [-0.4, -0.2) is 26.9 Å². The normalized spacial score (nSPS) is 12.1. The van der Waals surface area contributed by atoms with Gasteiger partial charge in [0, 0.05) is 19.5 Å². The molecule has 2 heterocycles. The summed E-state index contributed by atoms with van der Waals surface area (Å²) in [6, 6.07) is 10.6. The number of carbonyl (C=O) groups excluding carboxylic acids is 1. The van der Waals surface area contributed by atoms with Crippen LogP contribution in [-0.2, 0) is 24.4 Å². The predicted octanol–water partition coefficient (Wildman–Crippen LogP) is 5.07. The zero-order valence-corrected chi connectivity index (χ0v) is 18.6. The number of hydrogen-bond acceptors (Lipinski definition) is 5. The molecule has 0 saturated heterocycles. The van der Waals surface area contributed by atoms with Crippen LogP contribution in [0.3, 0.4) is 0 Å². The van der Waals surface area contributed by atoms with Crippen molar-refractivity contribution in [2.24, 2.45) is 12.0 Å². The third-order valence-corrected chi connectivity index (χ3v) is 4.62. The summed E-state index contributed by atoms with van der Waals surface area (Å²) < 4.78 is 40.0. The third-order valence-electron chi connectivity index (χ3n) is 4.62. The number of aliphatic imine (C=N–C) groups is 1. The highest BCUT2D eigenvalue weighted by Gasteiger charge is 2.32. The fraction of sp³-hybridized carbons (Fsp3) is 0.167. The van der Waals surface area contributed by atoms with Gasteiger partial charge in [-0.25, -0.2) is 9.98 Å². The molecule has 0 radical (unpaired) electrons. The first-order valence-corrected chi connectivity index (χ1v) is 10.2. The number of halogens is 3. The van der Waals surface area contributed by atoms with E-state index in [2.05, 4.69) is 32.3 Å². The topological polar surface area (TPSA) is 84.2 Å². The second-order valence-electron chi connectivity index (χ2n) is 7.30. The van der Waals surface area contributed by atoms with Crippen LogP contribution < -0.4 is 10.6 Å². The van der Waals surface area contributed by atoms with E-state index >= 15 is 0 Å². The van der Waals surface area contributed by atoms with Gasteiger partial charge in [0.25, 0.3) is 0 Å². The maximum Gasteiger partial charge on any atom is 0.433 e. The molecular formula is C24H23F3N6O. The summed E-state index contributed by atoms with van der Waals surface area (Å²) in [5.41, 5.74) is 2.13. The van der Waals surface area contributed by atoms with Gasteiger partial charge in [-0.15, -0.1) is 0 Å². The van der Waals surface area contributed by atoms with Gasteiger partial charge in [-0.05, 0) is 35.8 Å². The molecule has 0 aliphatic rings. The van der Waals surface area contributed by atoms with Crippen molar-refractivity contribution in [3.8, 4) is 0 Å². The largest absolute Gasteiger partial charge is 0.433 e. The molecule has 176 valence electrons. The molecular weight excluding hydrogens is 445 g/mol. The molecule has 0 aliphatic heterocycles. The van der Waals surface area contributed by atoms with Crippen molar-refractivity contribution in [1.82, 2.24) is 14.8 Å². The molecule has 1 amide bonds. The second-order valence-corrected chi connectivity index (χ2v) is 7.30. The van der Waals surface area contributed by atoms with Crippen molar-refractivity contribution in [2.45, 2.75) is 19.5 Å². The summed E-state index contributed by atoms with van der Waals surface area (Å²) >= 11 is 0. The van der Waals surface area contributed by atoms with Crippen LogP contribution in [0.1, 0.15) is 23.7 Å². The van der Waals surface area contributed by atoms with E-state index in [1.165, 1.54) is 12.1 Å². The third kappa shape index (κ3) is 6.89. The van der Waals surface area contributed by atoms with Crippen molar-refractivity contribution < 1.29 is 18.0 Å². The van der Waals surface area contributed by atoms with E-state index < -0.39 is 17.8 Å². The van der Waals surface area contributed by atoms with Crippen LogP contribution in [0.4, 0.5) is 24.7 Å². The number of hydrogen-bond donors (Lipinski definition) is 2. The highest BCUT2D eigenvalue weighted by molar-refractivity contribution is 6.10. The molecule has 3 rings (SSSR count). The quantitative estimate of drug-likeness (QED) is 0.452. The molecule has 0 saturated carbocycles. The number of aryl methyl sites for hydroxylation is 1. The summed E-state index contributed by atoms with van der Waals surface area (Å²) in [7, 11) is 1.81. The maximum atomic E-state index is 12.8. The van der Waals surface area contributed by atoms with Crippen LogP contribution in [0.15, 0.2) is 78.3 Å². The number of aromatic nitrogens is 3. The number of rotatable bonds is 8. The number of nitrogens with zero attached hydrogens (tertiary/aromatic N) is 4. The molecule has 0 aliphatic carbocycles. The predicted molar refractivity (Wildman–Crippen MR) is 126 cm³/mol. The van der Waals surface area contributed by atoms with Gasteiger partial charge in [0.15, 0.2) is 0 Å². The highest BCUT2D eigenvalue weighted by atomic mass is 19.4. The van der Waals surface area contributed by atoms with Gasteiger partial charge >= 0.3 is 6.18 Å². The minimum Gasteiger partial charge on any atom is -0.338 e. The lowest BCUT2D eigenvalue weighted by molar-refractivity contribution is -0.141. The Kier molecular flexibility index (Phi) is 7.62. The number of carbonyl (C=O) groups is 1. The molecule has 2 aromatic heterocycles. The number of anilines is 2. The fourth-order valence-corrected chi connectivity index (χ4v) is 3.00. The van der Waals surface area contributed by atoms with Gasteiger partial charge in [0.1, 0.15) is 17.3 Å². The molecule has 0 atom stereocenters. The standard InChI is InChI=1S/C24H23F3N6O/c1-4-18(13-28-16(2)30-20-14-29-33(3)15-20)19-10-8-17(9-11-19)12-23(34)32-22-7-5-6-21(31-22)24(25,26)27/h4-11,13-15,30H,2,12H2,1,3H3,(H,31,32,34)/b18-4+,28-13-. The molecule has 2 N–H and O–H groups in total. The first-order chi connectivity index (χ1) is 16.1. The van der Waals surface area contributed by atoms with Crippen LogP contribution in [0, 0.1) is 0 Å². The first-order valence-electron chi connectivity index (χ1n) is 10.2. The second kappa shape index (κ2) is 10.6. The van der Waals surface area contributed by atoms with Gasteiger partial charge in [-0.1, -0.05) is 43.0 Å². The van der Waals surface area contributed by atoms with Gasteiger partial charge in [0.2, 0.25) is 5.91 Å². The van der Waals surface area contributed by atoms with E-state index in [9.17, 15) is 18.0 Å². The smallest absolute Gasteiger partial charge is 0.338 e. The molecule has 10 heteroatoms. The lowest BCUT2D eigenvalue weighted by Crippen LogP contribution is -2.17. The van der Waals surface area contributed by atoms with E-state index in [-0.39, 0.29) is 12.2 Å². The lowest BCUT2D eigenvalue weighted by atomic mass is 10.0. The first kappa shape index (κ1) is 24.4. The Morgan fingerprint density at radius 3 is 2.53 bits per heavy atom. The number of alkyl halides is 3. The van der Waals surface area contributed by atoms with Crippen LogP contribution >= 0.6 is 0 Å². The van der Waals surface area contributed by atoms with E-state index in [1.807, 2.05) is 32.2 Å². The molecule has 1 aromatic carbocycles. The Bertz CT molecular complexity index is 1230. The zero-order chi connectivity index (χ0) is 24.7. The average molecular weight is 468 g/mol. The van der Waals surface area contributed by atoms with Gasteiger partial charge in [0.05, 0.1) is 18.3 Å². The SMILES string of the molecule is C=C(/N=C\C(=C/C)c1ccc(CC(=O)Nc2cccc(C(F)(F)F)n2)cc1)Nc1cnn(C)c1. The minimum atomic E-state index is -4.58. The monoisotopic (exact) mass is 468 g/mol. The number of amides is 1. The fourth-order valence-electron chi connectivity index (χ4n) is 3.00. The van der Waals surface area contributed by atoms with Gasteiger partial charge < -0.3 is 10.6 Å². The number of benzene rings is 1. The Labute approximate surface area is 194 Å². The Hall–Kier alpha value is -4.21. The summed E-state index contributed by atoms with van der Waals surface area (Å²) in [5.74, 6) is -0.169. The van der Waals surface area contributed by atoms with Crippen molar-refractivity contribution in [2.75, 3.05) is 10.6 Å². The average Bonchev–Trinajstić information content (AvgIpc) is 3.19. The lowest BCUT2D eigenvalue weighted by Gasteiger charge is -2.09. The number of nitrogens with one attached hydrogen (secondary N) is 2. The van der Waals surface area contributed by atoms with Crippen LogP contribution in [0.2, 0.25) is 0 Å². The number of allylic oxidation sites excluding steroid dienone is 2. The Morgan fingerprint density at radius 2 is 1.91 bits per heavy atom. The summed E-state index contributed by atoms with van der Waals surface area (Å²) in [6.07, 6.45) is 2.44. The Balaban J connectivity index is 1.59. The van der Waals surface area contributed by atoms with E-state index in [0.29, 0.717) is 11.4 Å². The number of pyridine rings is 1. The van der Waals surface area contributed by atoms with Crippen molar-refractivity contribution in [3.63, 3.8) is 0 Å². The summed E-state index contributed by atoms with van der Waals surface area (Å²) in [6.45, 7) is 5.75. The van der Waals surface area contributed by atoms with Crippen molar-refractivity contribution in [1.29, 1.82) is 0 Å². The van der Waals surface area contributed by atoms with E-state index in [4.69, 9.17) is 0 Å². The van der Waals surface area contributed by atoms with Crippen molar-refractivity contribution in [3.05, 3.63) is 90.2 Å². The van der Waals surface area contributed by atoms with Crippen LogP contribution in [0.5, 0.6) is 0 Å². The van der Waals surface area contributed by atoms with Crippen LogP contribution in [0.25, 0.3) is 5.57 Å². The molecule has 34 heavy (non-hydrogen) atoms. The zero-order valence-electron chi connectivity index (χ0n) is 18.6. The molecule has 7 nitrogen and oxygen atoms in total. The maximum absolute atomic E-state index is 12.8. The molecule has 0 unspecified atom stereocenters. The minimum absolute atomic E-state index is 0.0106. The molecule has 0 bridgehead atoms. The van der Waals surface area contributed by atoms with Gasteiger partial charge in [-0.2, -0.15) is 18.3 Å². The summed E-state index contributed by atoms with van der Waals surface area (Å²) in [5, 5.41) is 9.51. The molecule has 3 aromatic rings.